The summed E-state index contributed by atoms with van der Waals surface area (Å²) in [6, 6.07) is 19.5. The van der Waals surface area contributed by atoms with Gasteiger partial charge >= 0.3 is 0 Å². The lowest BCUT2D eigenvalue weighted by Gasteiger charge is -2.19. The van der Waals surface area contributed by atoms with Crippen LogP contribution in [0.25, 0.3) is 0 Å². The number of hydrogen-bond acceptors (Lipinski definition) is 6. The molecule has 36 heavy (non-hydrogen) atoms. The van der Waals surface area contributed by atoms with Crippen molar-refractivity contribution in [1.82, 2.24) is 5.43 Å². The molecular formula is C27H27N3O5S. The molecule has 0 fully saturated rings. The van der Waals surface area contributed by atoms with Gasteiger partial charge in [-0.15, -0.1) is 0 Å². The maximum absolute atomic E-state index is 12.8. The third-order valence-corrected chi connectivity index (χ3v) is 6.77. The second-order valence-corrected chi connectivity index (χ2v) is 9.40. The van der Waals surface area contributed by atoms with E-state index in [-0.39, 0.29) is 4.90 Å². The van der Waals surface area contributed by atoms with Crippen LogP contribution in [0.15, 0.2) is 108 Å². The topological polar surface area (TPSA) is 97.3 Å². The zero-order valence-electron chi connectivity index (χ0n) is 19.8. The Morgan fingerprint density at radius 1 is 0.972 bits per heavy atom. The molecule has 1 N–H and O–H groups in total. The van der Waals surface area contributed by atoms with E-state index in [1.54, 1.807) is 60.7 Å². The first kappa shape index (κ1) is 26.2. The van der Waals surface area contributed by atoms with Crippen molar-refractivity contribution in [2.24, 2.45) is 5.10 Å². The van der Waals surface area contributed by atoms with E-state index in [0.717, 1.165) is 4.31 Å². The summed E-state index contributed by atoms with van der Waals surface area (Å²) < 4.78 is 37.9. The van der Waals surface area contributed by atoms with Crippen molar-refractivity contribution in [3.8, 4) is 11.5 Å². The Bertz CT molecular complexity index is 1340. The van der Waals surface area contributed by atoms with Crippen molar-refractivity contribution in [1.29, 1.82) is 0 Å². The van der Waals surface area contributed by atoms with Crippen molar-refractivity contribution in [3.05, 3.63) is 109 Å². The molecule has 0 radical (unpaired) electrons. The molecule has 186 valence electrons. The lowest BCUT2D eigenvalue weighted by molar-refractivity contribution is 0.0955. The highest BCUT2D eigenvalue weighted by molar-refractivity contribution is 7.92. The standard InChI is InChI=1S/C27H27N3O5S/c1-4-17-34-24-16-13-22(26(19-24)35-18-5-2)20-28-29-27(31)21-11-14-23(15-12-21)30(3)36(32,33)25-9-7-6-8-10-25/h4-16,19-20H,1-2,17-18H2,3H3,(H,29,31)/b28-20-. The van der Waals surface area contributed by atoms with Gasteiger partial charge in [-0.2, -0.15) is 5.10 Å². The molecule has 0 aliphatic rings. The molecule has 0 saturated heterocycles. The van der Waals surface area contributed by atoms with Gasteiger partial charge in [-0.3, -0.25) is 9.10 Å². The minimum atomic E-state index is -3.71. The second-order valence-electron chi connectivity index (χ2n) is 7.43. The van der Waals surface area contributed by atoms with Crippen molar-refractivity contribution >= 4 is 27.8 Å². The number of anilines is 1. The first-order chi connectivity index (χ1) is 17.4. The third kappa shape index (κ3) is 6.61. The van der Waals surface area contributed by atoms with Gasteiger partial charge in [-0.1, -0.05) is 43.5 Å². The summed E-state index contributed by atoms with van der Waals surface area (Å²) in [5.41, 5.74) is 3.83. The van der Waals surface area contributed by atoms with Gasteiger partial charge in [0.05, 0.1) is 16.8 Å². The van der Waals surface area contributed by atoms with Crippen LogP contribution in [0, 0.1) is 0 Å². The molecule has 0 unspecified atom stereocenters. The molecular weight excluding hydrogens is 478 g/mol. The fourth-order valence-corrected chi connectivity index (χ4v) is 4.29. The van der Waals surface area contributed by atoms with Crippen LogP contribution in [-0.2, 0) is 10.0 Å². The maximum Gasteiger partial charge on any atom is 0.271 e. The van der Waals surface area contributed by atoms with E-state index in [4.69, 9.17) is 9.47 Å². The summed E-state index contributed by atoms with van der Waals surface area (Å²) in [4.78, 5) is 12.7. The average molecular weight is 506 g/mol. The average Bonchev–Trinajstić information content (AvgIpc) is 2.91. The molecule has 0 heterocycles. The van der Waals surface area contributed by atoms with E-state index in [2.05, 4.69) is 23.7 Å². The summed E-state index contributed by atoms with van der Waals surface area (Å²) >= 11 is 0. The number of hydrazone groups is 1. The van der Waals surface area contributed by atoms with Crippen LogP contribution in [0.3, 0.4) is 0 Å². The number of sulfonamides is 1. The van der Waals surface area contributed by atoms with Gasteiger partial charge in [-0.05, 0) is 48.5 Å². The van der Waals surface area contributed by atoms with E-state index in [1.165, 1.54) is 37.5 Å². The van der Waals surface area contributed by atoms with E-state index >= 15 is 0 Å². The Morgan fingerprint density at radius 3 is 2.31 bits per heavy atom. The SMILES string of the molecule is C=CCOc1ccc(/C=N\NC(=O)c2ccc(N(C)S(=O)(=O)c3ccccc3)cc2)c(OCC=C)c1. The second kappa shape index (κ2) is 12.4. The zero-order chi connectivity index (χ0) is 26.0. The van der Waals surface area contributed by atoms with Crippen molar-refractivity contribution < 1.29 is 22.7 Å². The molecule has 3 aromatic carbocycles. The van der Waals surface area contributed by atoms with Gasteiger partial charge in [0.2, 0.25) is 0 Å². The number of benzene rings is 3. The molecule has 1 amide bonds. The number of hydrogen-bond donors (Lipinski definition) is 1. The van der Waals surface area contributed by atoms with Gasteiger partial charge in [0, 0.05) is 24.2 Å². The van der Waals surface area contributed by atoms with Crippen LogP contribution in [-0.4, -0.2) is 40.8 Å². The smallest absolute Gasteiger partial charge is 0.271 e. The summed E-state index contributed by atoms with van der Waals surface area (Å²) in [6.07, 6.45) is 4.72. The zero-order valence-corrected chi connectivity index (χ0v) is 20.6. The van der Waals surface area contributed by atoms with Gasteiger partial charge in [0.15, 0.2) is 0 Å². The monoisotopic (exact) mass is 505 g/mol. The van der Waals surface area contributed by atoms with E-state index < -0.39 is 15.9 Å². The highest BCUT2D eigenvalue weighted by atomic mass is 32.2. The number of amides is 1. The molecule has 0 saturated carbocycles. The minimum absolute atomic E-state index is 0.181. The third-order valence-electron chi connectivity index (χ3n) is 4.97. The Hall–Kier alpha value is -4.37. The number of nitrogens with zero attached hydrogens (tertiary/aromatic N) is 2. The largest absolute Gasteiger partial charge is 0.489 e. The van der Waals surface area contributed by atoms with Crippen LogP contribution >= 0.6 is 0 Å². The summed E-state index contributed by atoms with van der Waals surface area (Å²) in [5, 5.41) is 4.02. The van der Waals surface area contributed by atoms with Gasteiger partial charge in [-0.25, -0.2) is 13.8 Å². The molecule has 8 nitrogen and oxygen atoms in total. The van der Waals surface area contributed by atoms with Crippen LogP contribution in [0.1, 0.15) is 15.9 Å². The predicted octanol–water partition coefficient (Wildman–Crippen LogP) is 4.41. The molecule has 3 aromatic rings. The number of carbonyl (C=O) groups excluding carboxylic acids is 1. The fourth-order valence-electron chi connectivity index (χ4n) is 3.08. The molecule has 3 rings (SSSR count). The molecule has 0 atom stereocenters. The first-order valence-corrected chi connectivity index (χ1v) is 12.4. The van der Waals surface area contributed by atoms with Crippen LogP contribution in [0.4, 0.5) is 5.69 Å². The normalized spacial score (nSPS) is 11.0. The Kier molecular flexibility index (Phi) is 9.01. The first-order valence-electron chi connectivity index (χ1n) is 11.0. The van der Waals surface area contributed by atoms with Crippen LogP contribution < -0.4 is 19.2 Å². The maximum atomic E-state index is 12.8. The van der Waals surface area contributed by atoms with E-state index in [0.29, 0.717) is 41.5 Å². The van der Waals surface area contributed by atoms with Gasteiger partial charge in [0.25, 0.3) is 15.9 Å². The molecule has 0 bridgehead atoms. The number of carbonyl (C=O) groups is 1. The number of ether oxygens (including phenoxy) is 2. The summed E-state index contributed by atoms with van der Waals surface area (Å²) in [6.45, 7) is 7.92. The predicted molar refractivity (Wildman–Crippen MR) is 141 cm³/mol. The molecule has 0 aliphatic carbocycles. The lowest BCUT2D eigenvalue weighted by Crippen LogP contribution is -2.26. The molecule has 0 spiro atoms. The molecule has 9 heteroatoms. The summed E-state index contributed by atoms with van der Waals surface area (Å²) in [7, 11) is -2.25. The highest BCUT2D eigenvalue weighted by Crippen LogP contribution is 2.24. The van der Waals surface area contributed by atoms with Gasteiger partial charge < -0.3 is 9.47 Å². The minimum Gasteiger partial charge on any atom is -0.489 e. The highest BCUT2D eigenvalue weighted by Gasteiger charge is 2.21. The van der Waals surface area contributed by atoms with Crippen molar-refractivity contribution in [3.63, 3.8) is 0 Å². The van der Waals surface area contributed by atoms with Crippen LogP contribution in [0.2, 0.25) is 0 Å². The van der Waals surface area contributed by atoms with E-state index in [1.807, 2.05) is 0 Å². The lowest BCUT2D eigenvalue weighted by atomic mass is 10.2. The Labute approximate surface area is 211 Å². The molecule has 0 aliphatic heterocycles. The Morgan fingerprint density at radius 2 is 1.64 bits per heavy atom. The van der Waals surface area contributed by atoms with Crippen LogP contribution in [0.5, 0.6) is 11.5 Å². The van der Waals surface area contributed by atoms with Crippen molar-refractivity contribution in [2.45, 2.75) is 4.90 Å². The number of rotatable bonds is 12. The Balaban J connectivity index is 1.68. The van der Waals surface area contributed by atoms with E-state index in [9.17, 15) is 13.2 Å². The summed E-state index contributed by atoms with van der Waals surface area (Å²) in [5.74, 6) is 0.668. The fraction of sp³-hybridized carbons (Fsp3) is 0.111. The molecule has 0 aromatic heterocycles. The quantitative estimate of drug-likeness (QED) is 0.224. The van der Waals surface area contributed by atoms with Gasteiger partial charge in [0.1, 0.15) is 24.7 Å². The number of nitrogens with one attached hydrogen (secondary N) is 1. The van der Waals surface area contributed by atoms with Crippen molar-refractivity contribution in [2.75, 3.05) is 24.6 Å².